The Hall–Kier alpha value is -1.99. The molecule has 0 saturated heterocycles. The lowest BCUT2D eigenvalue weighted by Gasteiger charge is -2.08. The van der Waals surface area contributed by atoms with Gasteiger partial charge in [0.2, 0.25) is 0 Å². The van der Waals surface area contributed by atoms with E-state index in [1.807, 2.05) is 0 Å². The van der Waals surface area contributed by atoms with Gasteiger partial charge in [0.1, 0.15) is 11.5 Å². The Balaban J connectivity index is 1.67. The number of carbonyl (C=O) groups is 2. The number of furan rings is 1. The first-order chi connectivity index (χ1) is 11.0. The van der Waals surface area contributed by atoms with Crippen molar-refractivity contribution in [2.45, 2.75) is 6.54 Å². The third-order valence-corrected chi connectivity index (χ3v) is 3.50. The molecular formula is C15H13BrClNO5. The molecule has 0 aliphatic carbocycles. The van der Waals surface area contributed by atoms with Gasteiger partial charge in [-0.2, -0.15) is 0 Å². The Morgan fingerprint density at radius 3 is 2.78 bits per heavy atom. The summed E-state index contributed by atoms with van der Waals surface area (Å²) in [5.41, 5.74) is 0. The predicted octanol–water partition coefficient (Wildman–Crippen LogP) is 2.93. The maximum Gasteiger partial charge on any atom is 0.344 e. The van der Waals surface area contributed by atoms with Crippen molar-refractivity contribution < 1.29 is 23.5 Å². The number of hydrogen-bond donors (Lipinski definition) is 1. The standard InChI is InChI=1S/C15H13BrClNO5/c16-12-6-10(17)3-4-13(12)22-9-15(20)23-8-14(19)18-7-11-2-1-5-21-11/h1-6H,7-9H2,(H,18,19). The van der Waals surface area contributed by atoms with Crippen LogP contribution in [0.5, 0.6) is 5.75 Å². The molecule has 0 atom stereocenters. The van der Waals surface area contributed by atoms with Crippen LogP contribution in [0.3, 0.4) is 0 Å². The quantitative estimate of drug-likeness (QED) is 0.721. The molecule has 8 heteroatoms. The SMILES string of the molecule is O=C(COC(=O)COc1ccc(Cl)cc1Br)NCc1ccco1. The molecule has 1 heterocycles. The molecule has 0 saturated carbocycles. The number of benzene rings is 1. The molecule has 0 bridgehead atoms. The smallest absolute Gasteiger partial charge is 0.344 e. The molecule has 122 valence electrons. The van der Waals surface area contributed by atoms with Gasteiger partial charge in [-0.1, -0.05) is 11.6 Å². The van der Waals surface area contributed by atoms with Gasteiger partial charge in [-0.05, 0) is 46.3 Å². The van der Waals surface area contributed by atoms with E-state index in [2.05, 4.69) is 21.2 Å². The predicted molar refractivity (Wildman–Crippen MR) is 86.2 cm³/mol. The Morgan fingerprint density at radius 2 is 2.09 bits per heavy atom. The largest absolute Gasteiger partial charge is 0.481 e. The molecule has 0 aliphatic rings. The summed E-state index contributed by atoms with van der Waals surface area (Å²) in [4.78, 5) is 23.1. The third-order valence-electron chi connectivity index (χ3n) is 2.64. The van der Waals surface area contributed by atoms with Gasteiger partial charge in [-0.15, -0.1) is 0 Å². The number of ether oxygens (including phenoxy) is 2. The number of nitrogens with one attached hydrogen (secondary N) is 1. The van der Waals surface area contributed by atoms with Crippen LogP contribution in [0.2, 0.25) is 5.02 Å². The van der Waals surface area contributed by atoms with E-state index in [4.69, 9.17) is 25.5 Å². The zero-order valence-electron chi connectivity index (χ0n) is 11.9. The first-order valence-corrected chi connectivity index (χ1v) is 7.74. The van der Waals surface area contributed by atoms with E-state index in [0.29, 0.717) is 21.0 Å². The minimum Gasteiger partial charge on any atom is -0.481 e. The van der Waals surface area contributed by atoms with E-state index in [1.165, 1.54) is 6.26 Å². The molecule has 2 aromatic rings. The minimum absolute atomic E-state index is 0.234. The number of esters is 1. The van der Waals surface area contributed by atoms with Gasteiger partial charge >= 0.3 is 5.97 Å². The second-order valence-electron chi connectivity index (χ2n) is 4.38. The zero-order valence-corrected chi connectivity index (χ0v) is 14.2. The van der Waals surface area contributed by atoms with Gasteiger partial charge in [0, 0.05) is 5.02 Å². The van der Waals surface area contributed by atoms with Crippen molar-refractivity contribution in [1.29, 1.82) is 0 Å². The summed E-state index contributed by atoms with van der Waals surface area (Å²) < 4.78 is 15.8. The zero-order chi connectivity index (χ0) is 16.7. The Labute approximate surface area is 145 Å². The highest BCUT2D eigenvalue weighted by atomic mass is 79.9. The van der Waals surface area contributed by atoms with Crippen LogP contribution in [0.1, 0.15) is 5.76 Å². The lowest BCUT2D eigenvalue weighted by Crippen LogP contribution is -2.29. The monoisotopic (exact) mass is 401 g/mol. The number of carbonyl (C=O) groups excluding carboxylic acids is 2. The van der Waals surface area contributed by atoms with Crippen LogP contribution in [0.15, 0.2) is 45.5 Å². The molecule has 1 N–H and O–H groups in total. The van der Waals surface area contributed by atoms with Crippen LogP contribution in [0.4, 0.5) is 0 Å². The lowest BCUT2D eigenvalue weighted by molar-refractivity contribution is -0.150. The van der Waals surface area contributed by atoms with Crippen LogP contribution in [-0.4, -0.2) is 25.1 Å². The average molecular weight is 403 g/mol. The van der Waals surface area contributed by atoms with Crippen LogP contribution < -0.4 is 10.1 Å². The molecule has 1 aromatic heterocycles. The summed E-state index contributed by atoms with van der Waals surface area (Å²) in [7, 11) is 0. The van der Waals surface area contributed by atoms with Crippen LogP contribution in [-0.2, 0) is 20.9 Å². The summed E-state index contributed by atoms with van der Waals surface area (Å²) >= 11 is 9.07. The van der Waals surface area contributed by atoms with Crippen LogP contribution in [0, 0.1) is 0 Å². The maximum absolute atomic E-state index is 11.5. The van der Waals surface area contributed by atoms with Gasteiger partial charge in [0.15, 0.2) is 13.2 Å². The van der Waals surface area contributed by atoms with Crippen molar-refractivity contribution in [1.82, 2.24) is 5.32 Å². The van der Waals surface area contributed by atoms with Gasteiger partial charge in [-0.3, -0.25) is 4.79 Å². The number of amides is 1. The number of rotatable bonds is 7. The maximum atomic E-state index is 11.5. The van der Waals surface area contributed by atoms with Crippen molar-refractivity contribution in [3.8, 4) is 5.75 Å². The molecule has 0 fully saturated rings. The summed E-state index contributed by atoms with van der Waals surface area (Å²) in [6.07, 6.45) is 1.51. The Morgan fingerprint density at radius 1 is 1.26 bits per heavy atom. The van der Waals surface area contributed by atoms with Gasteiger partial charge in [0.05, 0.1) is 17.3 Å². The van der Waals surface area contributed by atoms with Crippen LogP contribution in [0.25, 0.3) is 0 Å². The molecular weight excluding hydrogens is 390 g/mol. The molecule has 0 radical (unpaired) electrons. The summed E-state index contributed by atoms with van der Waals surface area (Å²) in [6.45, 7) is -0.464. The fourth-order valence-corrected chi connectivity index (χ4v) is 2.36. The lowest BCUT2D eigenvalue weighted by atomic mass is 10.3. The van der Waals surface area contributed by atoms with Gasteiger partial charge in [0.25, 0.3) is 5.91 Å². The first-order valence-electron chi connectivity index (χ1n) is 6.57. The molecule has 1 aromatic carbocycles. The van der Waals surface area contributed by atoms with Gasteiger partial charge < -0.3 is 19.2 Å². The second kappa shape index (κ2) is 8.59. The molecule has 1 amide bonds. The van der Waals surface area contributed by atoms with Crippen LogP contribution >= 0.6 is 27.5 Å². The highest BCUT2D eigenvalue weighted by Crippen LogP contribution is 2.27. The Bertz CT molecular complexity index is 675. The van der Waals surface area contributed by atoms with E-state index < -0.39 is 11.9 Å². The molecule has 2 rings (SSSR count). The molecule has 23 heavy (non-hydrogen) atoms. The normalized spacial score (nSPS) is 10.2. The number of hydrogen-bond acceptors (Lipinski definition) is 5. The molecule has 0 unspecified atom stereocenters. The summed E-state index contributed by atoms with van der Waals surface area (Å²) in [5, 5.41) is 3.10. The van der Waals surface area contributed by atoms with Crippen molar-refractivity contribution in [3.05, 3.63) is 51.9 Å². The van der Waals surface area contributed by atoms with Crippen molar-refractivity contribution in [3.63, 3.8) is 0 Å². The Kier molecular flexibility index (Phi) is 6.49. The van der Waals surface area contributed by atoms with Gasteiger partial charge in [-0.25, -0.2) is 4.79 Å². The highest BCUT2D eigenvalue weighted by molar-refractivity contribution is 9.10. The summed E-state index contributed by atoms with van der Waals surface area (Å²) in [5.74, 6) is -0.0170. The topological polar surface area (TPSA) is 77.8 Å². The molecule has 0 spiro atoms. The fraction of sp³-hybridized carbons (Fsp3) is 0.200. The summed E-state index contributed by atoms with van der Waals surface area (Å²) in [6, 6.07) is 8.34. The third kappa shape index (κ3) is 5.96. The fourth-order valence-electron chi connectivity index (χ4n) is 1.57. The minimum atomic E-state index is -0.653. The van der Waals surface area contributed by atoms with E-state index in [1.54, 1.807) is 30.3 Å². The van der Waals surface area contributed by atoms with E-state index >= 15 is 0 Å². The second-order valence-corrected chi connectivity index (χ2v) is 5.67. The van der Waals surface area contributed by atoms with Crippen molar-refractivity contribution >= 4 is 39.4 Å². The first kappa shape index (κ1) is 17.4. The van der Waals surface area contributed by atoms with E-state index in [9.17, 15) is 9.59 Å². The van der Waals surface area contributed by atoms with Crippen molar-refractivity contribution in [2.24, 2.45) is 0 Å². The highest BCUT2D eigenvalue weighted by Gasteiger charge is 2.10. The molecule has 0 aliphatic heterocycles. The van der Waals surface area contributed by atoms with Crippen molar-refractivity contribution in [2.75, 3.05) is 13.2 Å². The van der Waals surface area contributed by atoms with E-state index in [0.717, 1.165) is 0 Å². The number of halogens is 2. The molecule has 6 nitrogen and oxygen atoms in total. The average Bonchev–Trinajstić information content (AvgIpc) is 3.03. The van der Waals surface area contributed by atoms with E-state index in [-0.39, 0.29) is 19.8 Å².